The number of halogens is 2. The number of esters is 2. The molecule has 2 aliphatic rings. The maximum Gasteiger partial charge on any atom is 0.423 e. The molecule has 2 heterocycles. The van der Waals surface area contributed by atoms with Gasteiger partial charge in [-0.05, 0) is 59.7 Å². The van der Waals surface area contributed by atoms with Crippen LogP contribution in [0.4, 0.5) is 0 Å². The normalized spacial score (nSPS) is 18.5. The van der Waals surface area contributed by atoms with Crippen LogP contribution in [0.1, 0.15) is 22.3 Å². The molecule has 4 aromatic rings. The van der Waals surface area contributed by atoms with E-state index < -0.39 is 24.1 Å². The molecule has 0 aromatic heterocycles. The summed E-state index contributed by atoms with van der Waals surface area (Å²) in [4.78, 5) is 31.8. The molecule has 0 amide bonds. The van der Waals surface area contributed by atoms with E-state index in [1.165, 1.54) is 0 Å². The van der Waals surface area contributed by atoms with Crippen LogP contribution in [0.25, 0.3) is 12.2 Å². The average molecular weight is 774 g/mol. The van der Waals surface area contributed by atoms with Crippen LogP contribution in [0.15, 0.2) is 109 Å². The van der Waals surface area contributed by atoms with Crippen molar-refractivity contribution >= 4 is 47.3 Å². The molecular weight excluding hydrogens is 731 g/mol. The fourth-order valence-corrected chi connectivity index (χ4v) is 6.54. The van der Waals surface area contributed by atoms with Crippen molar-refractivity contribution in [1.82, 2.24) is 9.80 Å². The number of para-hydroxylation sites is 2. The molecule has 0 N–H and O–H groups in total. The quantitative estimate of drug-likeness (QED) is 0.0831. The van der Waals surface area contributed by atoms with E-state index >= 15 is 0 Å². The molecule has 0 aliphatic carbocycles. The van der Waals surface area contributed by atoms with Gasteiger partial charge in [-0.1, -0.05) is 83.9 Å². The van der Waals surface area contributed by atoms with E-state index in [1.54, 1.807) is 38.5 Å². The monoisotopic (exact) mass is 772 g/mol. The standard InChI is InChI=1S/C42H42Cl2N2O8/c1-49-35-9-5-3-7-31(35)23-37(39-27-45(19-21-51-39)25-29-11-15-33(43)16-12-29)53-41(47)42(48)54-38(24-32-8-4-6-10-36(32)50-2)40-28-46(20-22-52-40)26-30-13-17-34(44)18-14-30/h3-18,23-24,39-40H,19-22,25-28H2,1-2H3. The number of nitrogens with zero attached hydrogens (tertiary/aromatic N) is 2. The van der Waals surface area contributed by atoms with Gasteiger partial charge in [-0.3, -0.25) is 9.80 Å². The fraction of sp³-hybridized carbons (Fsp3) is 0.286. The van der Waals surface area contributed by atoms with Gasteiger partial charge in [0, 0.05) is 60.4 Å². The van der Waals surface area contributed by atoms with E-state index in [0.717, 1.165) is 11.1 Å². The Bertz CT molecular complexity index is 1810. The molecule has 6 rings (SSSR count). The smallest absolute Gasteiger partial charge is 0.423 e. The second-order valence-electron chi connectivity index (χ2n) is 12.8. The Kier molecular flexibility index (Phi) is 13.8. The Hall–Kier alpha value is -4.68. The van der Waals surface area contributed by atoms with E-state index in [-0.39, 0.29) is 11.5 Å². The van der Waals surface area contributed by atoms with Crippen LogP contribution in [-0.4, -0.2) is 87.6 Å². The SMILES string of the molecule is COc1ccccc1C=C(OC(=O)C(=O)OC(=Cc1ccccc1OC)C1CN(Cc2ccc(Cl)cc2)CCO1)C1CN(Cc2ccc(Cl)cc2)CCO1. The average Bonchev–Trinajstić information content (AvgIpc) is 3.19. The highest BCUT2D eigenvalue weighted by atomic mass is 35.5. The minimum Gasteiger partial charge on any atom is -0.496 e. The molecule has 2 atom stereocenters. The van der Waals surface area contributed by atoms with Crippen LogP contribution in [0.3, 0.4) is 0 Å². The summed E-state index contributed by atoms with van der Waals surface area (Å²) in [7, 11) is 3.11. The maximum atomic E-state index is 13.7. The number of methoxy groups -OCH3 is 2. The molecule has 12 heteroatoms. The number of rotatable bonds is 12. The summed E-state index contributed by atoms with van der Waals surface area (Å²) in [6, 6.07) is 29.9. The number of hydrogen-bond acceptors (Lipinski definition) is 10. The molecule has 0 radical (unpaired) electrons. The molecule has 2 saturated heterocycles. The number of ether oxygens (including phenoxy) is 6. The van der Waals surface area contributed by atoms with Crippen molar-refractivity contribution in [2.75, 3.05) is 53.6 Å². The molecule has 282 valence electrons. The summed E-state index contributed by atoms with van der Waals surface area (Å²) in [6.45, 7) is 4.11. The number of benzene rings is 4. The van der Waals surface area contributed by atoms with Crippen molar-refractivity contribution in [3.8, 4) is 11.5 Å². The van der Waals surface area contributed by atoms with E-state index in [2.05, 4.69) is 9.80 Å². The van der Waals surface area contributed by atoms with E-state index in [9.17, 15) is 9.59 Å². The molecule has 0 spiro atoms. The van der Waals surface area contributed by atoms with E-state index in [4.69, 9.17) is 51.6 Å². The zero-order chi connectivity index (χ0) is 37.9. The van der Waals surface area contributed by atoms with E-state index in [1.807, 2.05) is 84.9 Å². The number of morpholine rings is 2. The third-order valence-corrected chi connectivity index (χ3v) is 9.54. The molecule has 10 nitrogen and oxygen atoms in total. The van der Waals surface area contributed by atoms with Crippen LogP contribution in [-0.2, 0) is 41.6 Å². The predicted octanol–water partition coefficient (Wildman–Crippen LogP) is 7.28. The number of hydrogen-bond donors (Lipinski definition) is 0. The van der Waals surface area contributed by atoms with Gasteiger partial charge in [-0.2, -0.15) is 0 Å². The van der Waals surface area contributed by atoms with Crippen LogP contribution < -0.4 is 9.47 Å². The van der Waals surface area contributed by atoms with E-state index in [0.29, 0.717) is 85.2 Å². The Balaban J connectivity index is 1.23. The van der Waals surface area contributed by atoms with Crippen LogP contribution in [0, 0.1) is 0 Å². The van der Waals surface area contributed by atoms with Crippen LogP contribution >= 0.6 is 23.2 Å². The molecule has 2 fully saturated rings. The van der Waals surface area contributed by atoms with Gasteiger partial charge in [0.05, 0.1) is 27.4 Å². The molecule has 4 aromatic carbocycles. The summed E-state index contributed by atoms with van der Waals surface area (Å²) >= 11 is 12.2. The lowest BCUT2D eigenvalue weighted by Gasteiger charge is -2.34. The van der Waals surface area contributed by atoms with Crippen molar-refractivity contribution in [2.24, 2.45) is 0 Å². The van der Waals surface area contributed by atoms with Gasteiger partial charge in [-0.15, -0.1) is 0 Å². The Morgan fingerprint density at radius 2 is 1.02 bits per heavy atom. The Morgan fingerprint density at radius 3 is 1.41 bits per heavy atom. The summed E-state index contributed by atoms with van der Waals surface area (Å²) in [5.74, 6) is -1.03. The van der Waals surface area contributed by atoms with Crippen molar-refractivity contribution in [2.45, 2.75) is 25.3 Å². The van der Waals surface area contributed by atoms with Crippen molar-refractivity contribution in [3.63, 3.8) is 0 Å². The zero-order valence-electron chi connectivity index (χ0n) is 30.1. The largest absolute Gasteiger partial charge is 0.496 e. The van der Waals surface area contributed by atoms with Gasteiger partial charge in [-0.25, -0.2) is 9.59 Å². The molecule has 2 unspecified atom stereocenters. The second kappa shape index (κ2) is 19.1. The van der Waals surface area contributed by atoms with Crippen LogP contribution in [0.2, 0.25) is 10.0 Å². The molecule has 0 saturated carbocycles. The first-order valence-electron chi connectivity index (χ1n) is 17.6. The molecule has 54 heavy (non-hydrogen) atoms. The summed E-state index contributed by atoms with van der Waals surface area (Å²) in [6.07, 6.45) is 1.95. The molecule has 0 bridgehead atoms. The van der Waals surface area contributed by atoms with Crippen LogP contribution in [0.5, 0.6) is 11.5 Å². The van der Waals surface area contributed by atoms with Gasteiger partial charge < -0.3 is 28.4 Å². The fourth-order valence-electron chi connectivity index (χ4n) is 6.28. The number of carbonyl (C=O) groups is 2. The second-order valence-corrected chi connectivity index (χ2v) is 13.7. The van der Waals surface area contributed by atoms with Gasteiger partial charge in [0.15, 0.2) is 0 Å². The Labute approximate surface area is 325 Å². The van der Waals surface area contributed by atoms with Gasteiger partial charge >= 0.3 is 11.9 Å². The van der Waals surface area contributed by atoms with Gasteiger partial charge in [0.2, 0.25) is 0 Å². The minimum atomic E-state index is -1.21. The van der Waals surface area contributed by atoms with Crippen molar-refractivity contribution in [3.05, 3.63) is 141 Å². The lowest BCUT2D eigenvalue weighted by molar-refractivity contribution is -0.166. The highest BCUT2D eigenvalue weighted by molar-refractivity contribution is 6.31. The predicted molar refractivity (Wildman–Crippen MR) is 207 cm³/mol. The van der Waals surface area contributed by atoms with Gasteiger partial charge in [0.1, 0.15) is 35.2 Å². The lowest BCUT2D eigenvalue weighted by Crippen LogP contribution is -2.44. The first kappa shape index (κ1) is 39.0. The van der Waals surface area contributed by atoms with Crippen molar-refractivity contribution < 1.29 is 38.0 Å². The summed E-state index contributed by atoms with van der Waals surface area (Å²) in [5, 5.41) is 1.32. The lowest BCUT2D eigenvalue weighted by atomic mass is 10.1. The summed E-state index contributed by atoms with van der Waals surface area (Å²) < 4.78 is 35.2. The highest BCUT2D eigenvalue weighted by Gasteiger charge is 2.33. The minimum absolute atomic E-state index is 0.139. The first-order chi connectivity index (χ1) is 26.3. The summed E-state index contributed by atoms with van der Waals surface area (Å²) in [5.41, 5.74) is 3.43. The van der Waals surface area contributed by atoms with Gasteiger partial charge in [0.25, 0.3) is 0 Å². The topological polar surface area (TPSA) is 96.0 Å². The Morgan fingerprint density at radius 1 is 0.630 bits per heavy atom. The highest BCUT2D eigenvalue weighted by Crippen LogP contribution is 2.28. The number of carbonyl (C=O) groups excluding carboxylic acids is 2. The molecule has 2 aliphatic heterocycles. The zero-order valence-corrected chi connectivity index (χ0v) is 31.6. The third kappa shape index (κ3) is 10.7. The molecular formula is C42H42Cl2N2O8. The van der Waals surface area contributed by atoms with Crippen molar-refractivity contribution in [1.29, 1.82) is 0 Å². The third-order valence-electron chi connectivity index (χ3n) is 9.04. The first-order valence-corrected chi connectivity index (χ1v) is 18.3. The maximum absolute atomic E-state index is 13.7.